The Kier molecular flexibility index (Phi) is 4.35. The number of aliphatic hydroxyl groups excluding tert-OH is 1. The Labute approximate surface area is 92.9 Å². The molecule has 0 radical (unpaired) electrons. The lowest BCUT2D eigenvalue weighted by molar-refractivity contribution is -0.137. The Morgan fingerprint density at radius 2 is 1.75 bits per heavy atom. The van der Waals surface area contributed by atoms with Gasteiger partial charge in [-0.2, -0.15) is 13.2 Å². The minimum atomic E-state index is -4.28. The maximum atomic E-state index is 12.2. The first-order valence-electron chi connectivity index (χ1n) is 5.27. The van der Waals surface area contributed by atoms with Crippen LogP contribution in [0, 0.1) is 0 Å². The van der Waals surface area contributed by atoms with Crippen LogP contribution < -0.4 is 0 Å². The van der Waals surface area contributed by atoms with Crippen molar-refractivity contribution in [2.24, 2.45) is 0 Å². The van der Waals surface area contributed by atoms with Crippen molar-refractivity contribution in [1.82, 2.24) is 0 Å². The van der Waals surface area contributed by atoms with Crippen molar-refractivity contribution in [3.63, 3.8) is 0 Å². The van der Waals surface area contributed by atoms with Crippen LogP contribution in [0.4, 0.5) is 13.2 Å². The number of alkyl halides is 3. The third-order valence-electron chi connectivity index (χ3n) is 2.52. The summed E-state index contributed by atoms with van der Waals surface area (Å²) in [6.07, 6.45) is -2.79. The molecule has 1 nitrogen and oxygen atoms in total. The lowest BCUT2D eigenvalue weighted by Gasteiger charge is -2.09. The average Bonchev–Trinajstić information content (AvgIpc) is 2.25. The van der Waals surface area contributed by atoms with Crippen molar-refractivity contribution in [3.8, 4) is 0 Å². The minimum absolute atomic E-state index is 0.373. The van der Waals surface area contributed by atoms with Crippen LogP contribution in [0.1, 0.15) is 30.9 Å². The molecular weight excluding hydrogens is 217 g/mol. The molecule has 0 bridgehead atoms. The van der Waals surface area contributed by atoms with Gasteiger partial charge in [0.2, 0.25) is 0 Å². The van der Waals surface area contributed by atoms with Crippen molar-refractivity contribution in [2.75, 3.05) is 0 Å². The molecule has 1 unspecified atom stereocenters. The third kappa shape index (κ3) is 3.85. The number of hydrogen-bond acceptors (Lipinski definition) is 1. The Bertz CT molecular complexity index is 316. The van der Waals surface area contributed by atoms with Gasteiger partial charge >= 0.3 is 6.18 Å². The maximum Gasteiger partial charge on any atom is 0.416 e. The summed E-state index contributed by atoms with van der Waals surface area (Å²) in [7, 11) is 0. The fourth-order valence-electron chi connectivity index (χ4n) is 1.40. The maximum absolute atomic E-state index is 12.2. The average molecular weight is 232 g/mol. The highest BCUT2D eigenvalue weighted by Crippen LogP contribution is 2.29. The standard InChI is InChI=1S/C12H15F3O/c1-2-11(16)8-5-9-3-6-10(7-4-9)12(13,14)15/h3-4,6-7,11,16H,2,5,8H2,1H3. The highest BCUT2D eigenvalue weighted by atomic mass is 19.4. The second-order valence-electron chi connectivity index (χ2n) is 3.80. The molecule has 0 aliphatic carbocycles. The molecule has 0 amide bonds. The summed E-state index contributed by atoms with van der Waals surface area (Å²) in [5.41, 5.74) is 0.188. The lowest BCUT2D eigenvalue weighted by atomic mass is 10.0. The molecule has 90 valence electrons. The second kappa shape index (κ2) is 5.34. The summed E-state index contributed by atoms with van der Waals surface area (Å²) in [6.45, 7) is 1.87. The number of aliphatic hydroxyl groups is 1. The van der Waals surface area contributed by atoms with Gasteiger partial charge in [0.1, 0.15) is 0 Å². The van der Waals surface area contributed by atoms with Gasteiger partial charge in [-0.25, -0.2) is 0 Å². The summed E-state index contributed by atoms with van der Waals surface area (Å²) in [4.78, 5) is 0. The van der Waals surface area contributed by atoms with E-state index in [1.807, 2.05) is 6.92 Å². The lowest BCUT2D eigenvalue weighted by Crippen LogP contribution is -2.07. The highest BCUT2D eigenvalue weighted by molar-refractivity contribution is 5.24. The number of rotatable bonds is 4. The van der Waals surface area contributed by atoms with Crippen molar-refractivity contribution < 1.29 is 18.3 Å². The van der Waals surface area contributed by atoms with E-state index in [4.69, 9.17) is 0 Å². The summed E-state index contributed by atoms with van der Waals surface area (Å²) >= 11 is 0. The van der Waals surface area contributed by atoms with Crippen molar-refractivity contribution >= 4 is 0 Å². The van der Waals surface area contributed by atoms with E-state index in [2.05, 4.69) is 0 Å². The molecule has 0 aliphatic heterocycles. The molecule has 1 N–H and O–H groups in total. The molecule has 0 heterocycles. The zero-order valence-corrected chi connectivity index (χ0v) is 9.09. The Balaban J connectivity index is 2.58. The molecule has 1 aromatic carbocycles. The largest absolute Gasteiger partial charge is 0.416 e. The molecule has 16 heavy (non-hydrogen) atoms. The van der Waals surface area contributed by atoms with Gasteiger partial charge < -0.3 is 5.11 Å². The van der Waals surface area contributed by atoms with Crippen molar-refractivity contribution in [3.05, 3.63) is 35.4 Å². The first-order chi connectivity index (χ1) is 7.43. The van der Waals surface area contributed by atoms with Crippen LogP contribution in [0.2, 0.25) is 0 Å². The van der Waals surface area contributed by atoms with Crippen LogP contribution in [0.15, 0.2) is 24.3 Å². The monoisotopic (exact) mass is 232 g/mol. The smallest absolute Gasteiger partial charge is 0.393 e. The highest BCUT2D eigenvalue weighted by Gasteiger charge is 2.29. The van der Waals surface area contributed by atoms with E-state index in [1.165, 1.54) is 12.1 Å². The van der Waals surface area contributed by atoms with Gasteiger partial charge in [-0.05, 0) is 37.0 Å². The van der Waals surface area contributed by atoms with Gasteiger partial charge in [-0.15, -0.1) is 0 Å². The van der Waals surface area contributed by atoms with E-state index in [1.54, 1.807) is 0 Å². The zero-order valence-electron chi connectivity index (χ0n) is 9.09. The molecule has 1 rings (SSSR count). The quantitative estimate of drug-likeness (QED) is 0.843. The molecule has 4 heteroatoms. The van der Waals surface area contributed by atoms with Gasteiger partial charge in [0.25, 0.3) is 0 Å². The normalized spacial score (nSPS) is 13.8. The summed E-state index contributed by atoms with van der Waals surface area (Å²) < 4.78 is 36.7. The summed E-state index contributed by atoms with van der Waals surface area (Å²) in [6, 6.07) is 5.08. The Hall–Kier alpha value is -1.03. The van der Waals surface area contributed by atoms with Gasteiger partial charge in [0, 0.05) is 0 Å². The van der Waals surface area contributed by atoms with Crippen LogP contribution in [-0.4, -0.2) is 11.2 Å². The zero-order chi connectivity index (χ0) is 12.2. The SMILES string of the molecule is CCC(O)CCc1ccc(C(F)(F)F)cc1. The first-order valence-corrected chi connectivity index (χ1v) is 5.27. The minimum Gasteiger partial charge on any atom is -0.393 e. The van der Waals surface area contributed by atoms with E-state index in [9.17, 15) is 18.3 Å². The fraction of sp³-hybridized carbons (Fsp3) is 0.500. The van der Waals surface area contributed by atoms with E-state index in [-0.39, 0.29) is 6.10 Å². The predicted octanol–water partition coefficient (Wildman–Crippen LogP) is 3.41. The molecule has 0 fully saturated rings. The molecule has 0 spiro atoms. The van der Waals surface area contributed by atoms with Crippen LogP contribution in [0.5, 0.6) is 0 Å². The summed E-state index contributed by atoms with van der Waals surface area (Å²) in [5.74, 6) is 0. The molecule has 1 aromatic rings. The molecule has 0 aromatic heterocycles. The van der Waals surface area contributed by atoms with Crippen LogP contribution >= 0.6 is 0 Å². The molecular formula is C12H15F3O. The van der Waals surface area contributed by atoms with E-state index >= 15 is 0 Å². The second-order valence-corrected chi connectivity index (χ2v) is 3.80. The van der Waals surface area contributed by atoms with E-state index < -0.39 is 11.7 Å². The van der Waals surface area contributed by atoms with Crippen molar-refractivity contribution in [2.45, 2.75) is 38.5 Å². The fourth-order valence-corrected chi connectivity index (χ4v) is 1.40. The number of benzene rings is 1. The van der Waals surface area contributed by atoms with E-state index in [0.717, 1.165) is 17.7 Å². The van der Waals surface area contributed by atoms with Crippen molar-refractivity contribution in [1.29, 1.82) is 0 Å². The number of hydrogen-bond donors (Lipinski definition) is 1. The predicted molar refractivity (Wildman–Crippen MR) is 56.1 cm³/mol. The first kappa shape index (κ1) is 13.0. The molecule has 1 atom stereocenters. The van der Waals surface area contributed by atoms with Crippen LogP contribution in [0.25, 0.3) is 0 Å². The third-order valence-corrected chi connectivity index (χ3v) is 2.52. The van der Waals surface area contributed by atoms with Crippen LogP contribution in [0.3, 0.4) is 0 Å². The summed E-state index contributed by atoms with van der Waals surface area (Å²) in [5, 5.41) is 9.32. The topological polar surface area (TPSA) is 20.2 Å². The van der Waals surface area contributed by atoms with Gasteiger partial charge in [-0.1, -0.05) is 19.1 Å². The number of halogens is 3. The van der Waals surface area contributed by atoms with Gasteiger partial charge in [0.05, 0.1) is 11.7 Å². The van der Waals surface area contributed by atoms with Crippen LogP contribution in [-0.2, 0) is 12.6 Å². The molecule has 0 saturated carbocycles. The Morgan fingerprint density at radius 1 is 1.19 bits per heavy atom. The van der Waals surface area contributed by atoms with Gasteiger partial charge in [0.15, 0.2) is 0 Å². The molecule has 0 saturated heterocycles. The van der Waals surface area contributed by atoms with E-state index in [0.29, 0.717) is 19.3 Å². The Morgan fingerprint density at radius 3 is 2.19 bits per heavy atom. The number of aryl methyl sites for hydroxylation is 1. The molecule has 0 aliphatic rings. The van der Waals surface area contributed by atoms with Gasteiger partial charge in [-0.3, -0.25) is 0 Å².